The van der Waals surface area contributed by atoms with Crippen LogP contribution in [0.1, 0.15) is 118 Å². The number of pyridine rings is 2. The first-order chi connectivity index (χ1) is 37.7. The second-order valence-corrected chi connectivity index (χ2v) is 20.0. The van der Waals surface area contributed by atoms with Crippen LogP contribution in [0.3, 0.4) is 0 Å². The Labute approximate surface area is 454 Å². The molecule has 2 aromatic heterocycles. The molecule has 3 aliphatic heterocycles. The number of nitrogens with zero attached hydrogens (tertiary/aromatic N) is 4. The lowest BCUT2D eigenvalue weighted by Crippen LogP contribution is -2.55. The molecule has 3 aromatic rings. The third-order valence-electron chi connectivity index (χ3n) is 14.0. The maximum absolute atomic E-state index is 14.8. The van der Waals surface area contributed by atoms with Gasteiger partial charge in [-0.05, 0) is 102 Å². The maximum Gasteiger partial charge on any atom is 0.340 e. The van der Waals surface area contributed by atoms with Crippen molar-refractivity contribution in [1.82, 2.24) is 45.9 Å². The van der Waals surface area contributed by atoms with Gasteiger partial charge in [0.2, 0.25) is 35.4 Å². The molecule has 0 radical (unpaired) electrons. The van der Waals surface area contributed by atoms with Crippen LogP contribution in [-0.4, -0.2) is 159 Å². The summed E-state index contributed by atoms with van der Waals surface area (Å²) in [5.74, 6) is -5.76. The number of aliphatic hydroxyl groups excluding tert-OH is 3. The molecule has 0 fully saturated rings. The second kappa shape index (κ2) is 28.4. The van der Waals surface area contributed by atoms with Gasteiger partial charge in [0.1, 0.15) is 37.3 Å². The molecule has 0 spiro atoms. The zero-order valence-electron chi connectivity index (χ0n) is 44.8. The summed E-state index contributed by atoms with van der Waals surface area (Å²) in [5.41, 5.74) is 3.20. The van der Waals surface area contributed by atoms with E-state index in [0.29, 0.717) is 86.8 Å². The number of nitrogens with one attached hydrogen (secondary N) is 5. The average molecular weight is 1100 g/mol. The molecule has 0 bridgehead atoms. The Kier molecular flexibility index (Phi) is 21.8. The minimum absolute atomic E-state index is 0.00676. The quantitative estimate of drug-likeness (QED) is 0.0150. The lowest BCUT2D eigenvalue weighted by atomic mass is 9.94. The van der Waals surface area contributed by atoms with Crippen LogP contribution in [0.2, 0.25) is 0 Å². The molecule has 79 heavy (non-hydrogen) atoms. The van der Waals surface area contributed by atoms with Gasteiger partial charge in [-0.25, -0.2) is 14.2 Å². The van der Waals surface area contributed by atoms with E-state index in [1.54, 1.807) is 26.1 Å². The Hall–Kier alpha value is -7.48. The van der Waals surface area contributed by atoms with Gasteiger partial charge in [0, 0.05) is 74.3 Å². The predicted octanol–water partition coefficient (Wildman–Crippen LogP) is 0.234. The Morgan fingerprint density at radius 2 is 1.57 bits per heavy atom. The molecule has 8 amide bonds. The zero-order chi connectivity index (χ0) is 57.5. The number of halogens is 1. The molecule has 24 nitrogen and oxygen atoms in total. The van der Waals surface area contributed by atoms with Gasteiger partial charge < -0.3 is 60.8 Å². The third kappa shape index (κ3) is 16.1. The molecular weight excluding hydrogens is 1030 g/mol. The molecule has 3 aliphatic rings. The van der Waals surface area contributed by atoms with Crippen LogP contribution >= 0.6 is 0 Å². The molecule has 1 aromatic carbocycles. The molecule has 0 saturated heterocycles. The monoisotopic (exact) mass is 1100 g/mol. The van der Waals surface area contributed by atoms with Crippen molar-refractivity contribution < 1.29 is 72.3 Å². The Morgan fingerprint density at radius 1 is 0.848 bits per heavy atom. The van der Waals surface area contributed by atoms with E-state index in [-0.39, 0.29) is 75.9 Å². The van der Waals surface area contributed by atoms with Gasteiger partial charge in [-0.2, -0.15) is 0 Å². The molecule has 5 atom stereocenters. The number of imide groups is 1. The summed E-state index contributed by atoms with van der Waals surface area (Å²) in [6.07, 6.45) is 4.06. The molecule has 428 valence electrons. The number of aryl methyl sites for hydroxylation is 2. The van der Waals surface area contributed by atoms with Crippen LogP contribution in [0.4, 0.5) is 4.39 Å². The number of benzene rings is 1. The van der Waals surface area contributed by atoms with E-state index in [4.69, 9.17) is 19.6 Å². The molecule has 0 saturated carbocycles. The van der Waals surface area contributed by atoms with Gasteiger partial charge in [0.25, 0.3) is 17.4 Å². The van der Waals surface area contributed by atoms with Crippen molar-refractivity contribution >= 4 is 64.1 Å². The van der Waals surface area contributed by atoms with Gasteiger partial charge in [0.05, 0.1) is 48.3 Å². The smallest absolute Gasteiger partial charge is 0.340 e. The van der Waals surface area contributed by atoms with Crippen LogP contribution < -0.4 is 32.1 Å². The third-order valence-corrected chi connectivity index (χ3v) is 14.0. The van der Waals surface area contributed by atoms with Crippen LogP contribution in [0, 0.1) is 12.7 Å². The Morgan fingerprint density at radius 3 is 2.30 bits per heavy atom. The molecule has 0 aliphatic carbocycles. The van der Waals surface area contributed by atoms with Crippen molar-refractivity contribution in [3.8, 4) is 11.4 Å². The first-order valence-corrected chi connectivity index (χ1v) is 26.5. The Bertz CT molecular complexity index is 2890. The number of carbonyl (C=O) groups is 9. The number of carbonyl (C=O) groups excluding carboxylic acids is 9. The minimum atomic E-state index is -1.62. The van der Waals surface area contributed by atoms with E-state index >= 15 is 0 Å². The number of hydrogen-bond acceptors (Lipinski definition) is 16. The van der Waals surface area contributed by atoms with Crippen molar-refractivity contribution in [3.63, 3.8) is 0 Å². The van der Waals surface area contributed by atoms with E-state index in [2.05, 4.69) is 26.6 Å². The summed E-state index contributed by atoms with van der Waals surface area (Å²) in [5, 5.41) is 42.5. The van der Waals surface area contributed by atoms with Gasteiger partial charge >= 0.3 is 5.97 Å². The van der Waals surface area contributed by atoms with E-state index < -0.39 is 95.6 Å². The summed E-state index contributed by atoms with van der Waals surface area (Å²) in [6, 6.07) is 1.03. The van der Waals surface area contributed by atoms with Gasteiger partial charge in [-0.1, -0.05) is 6.42 Å². The number of fused-ring (bicyclic) bond motifs is 5. The van der Waals surface area contributed by atoms with E-state index in [1.807, 2.05) is 0 Å². The van der Waals surface area contributed by atoms with Crippen LogP contribution in [-0.2, 0) is 72.2 Å². The number of ether oxygens (including phenoxy) is 2. The summed E-state index contributed by atoms with van der Waals surface area (Å²) < 4.78 is 27.0. The maximum atomic E-state index is 14.8. The molecule has 0 unspecified atom stereocenters. The topological polar surface area (TPSA) is 334 Å². The predicted molar refractivity (Wildman–Crippen MR) is 280 cm³/mol. The van der Waals surface area contributed by atoms with Crippen molar-refractivity contribution in [3.05, 3.63) is 74.3 Å². The highest BCUT2D eigenvalue weighted by atomic mass is 19.1. The number of unbranched alkanes of at least 4 members (excludes halogenated alkanes) is 4. The molecular formula is C54H70FN9O15. The molecule has 6 rings (SSSR count). The fraction of sp³-hybridized carbons (Fsp3) is 0.537. The average Bonchev–Trinajstić information content (AvgIpc) is 4.17. The zero-order valence-corrected chi connectivity index (χ0v) is 44.8. The van der Waals surface area contributed by atoms with Crippen molar-refractivity contribution in [2.45, 2.75) is 141 Å². The SMILES string of the molecule is Cc1cc2c(CCCCOCNC(=O)CNC(=O)[C@H](C)NC(=O)[C@H](C)NC(=O)[C@H](CCC(=O)N(C)CCCC[C@H](O)CO)NC(=O)CCCCCN3C(=O)C=CC3=O)c3c(nc2cc1F)-c1cc2c(c(=O)n1C3)COC(=O)[C@H]2O. The van der Waals surface area contributed by atoms with Crippen molar-refractivity contribution in [1.29, 1.82) is 0 Å². The highest BCUT2D eigenvalue weighted by Gasteiger charge is 2.35. The molecule has 8 N–H and O–H groups in total. The lowest BCUT2D eigenvalue weighted by Gasteiger charge is -2.23. The largest absolute Gasteiger partial charge is 0.458 e. The van der Waals surface area contributed by atoms with Crippen molar-refractivity contribution in [2.75, 3.05) is 46.6 Å². The number of aliphatic hydroxyl groups is 3. The number of hydrogen-bond donors (Lipinski definition) is 8. The summed E-state index contributed by atoms with van der Waals surface area (Å²) in [7, 11) is 1.58. The number of cyclic esters (lactones) is 1. The number of rotatable bonds is 30. The normalized spacial score (nSPS) is 15.8. The first kappa shape index (κ1) is 60.7. The van der Waals surface area contributed by atoms with E-state index in [0.717, 1.165) is 21.4 Å². The van der Waals surface area contributed by atoms with Crippen LogP contribution in [0.25, 0.3) is 22.3 Å². The standard InChI is InChI=1S/C54H70FN9O15/c1-30-22-35-34(37-26-64-42(48(37)61-41(35)24-39(30)55)23-36-38(53(64)76)28-79-54(77)49(36)72)13-8-11-21-78-29-57-44(68)25-56-50(73)31(2)58-51(74)32(3)59-52(75)40(15-16-45(69)62(4)19-10-7-12-33(66)27-65)60-43(67)14-6-5-9-20-63-46(70)17-18-47(63)71/h17-18,22-24,31-33,40,49,65-66,72H,5-16,19-21,25-29H2,1-4H3,(H,56,73)(H,57,68)(H,58,74)(H,59,75)(H,60,67)/t31-,32-,33-,40-,49-/m0/s1. The fourth-order valence-corrected chi connectivity index (χ4v) is 9.32. The molecule has 25 heteroatoms. The van der Waals surface area contributed by atoms with Crippen LogP contribution in [0.5, 0.6) is 0 Å². The van der Waals surface area contributed by atoms with Crippen molar-refractivity contribution in [2.24, 2.45) is 0 Å². The van der Waals surface area contributed by atoms with E-state index in [9.17, 15) is 62.5 Å². The summed E-state index contributed by atoms with van der Waals surface area (Å²) >= 11 is 0. The van der Waals surface area contributed by atoms with Gasteiger partial charge in [-0.3, -0.25) is 48.1 Å². The fourth-order valence-electron chi connectivity index (χ4n) is 9.32. The first-order valence-electron chi connectivity index (χ1n) is 26.5. The summed E-state index contributed by atoms with van der Waals surface area (Å²) in [6.45, 7) is 4.06. The van der Waals surface area contributed by atoms with E-state index in [1.165, 1.54) is 41.5 Å². The summed E-state index contributed by atoms with van der Waals surface area (Å²) in [4.78, 5) is 135. The number of aromatic nitrogens is 2. The number of amides is 8. The molecule has 5 heterocycles. The second-order valence-electron chi connectivity index (χ2n) is 20.0. The van der Waals surface area contributed by atoms with Crippen LogP contribution in [0.15, 0.2) is 35.1 Å². The Balaban J connectivity index is 0.919. The highest BCUT2D eigenvalue weighted by molar-refractivity contribution is 6.12. The lowest BCUT2D eigenvalue weighted by molar-refractivity contribution is -0.157. The number of esters is 1. The van der Waals surface area contributed by atoms with Gasteiger partial charge in [0.15, 0.2) is 6.10 Å². The highest BCUT2D eigenvalue weighted by Crippen LogP contribution is 2.39. The minimum Gasteiger partial charge on any atom is -0.458 e. The van der Waals surface area contributed by atoms with Gasteiger partial charge in [-0.15, -0.1) is 0 Å².